The van der Waals surface area contributed by atoms with Gasteiger partial charge < -0.3 is 9.88 Å². The quantitative estimate of drug-likeness (QED) is 0.450. The molecule has 0 aliphatic heterocycles. The van der Waals surface area contributed by atoms with E-state index in [1.54, 1.807) is 49.8 Å². The number of fused-ring (bicyclic) bond motifs is 1. The van der Waals surface area contributed by atoms with Crippen LogP contribution in [-0.2, 0) is 23.4 Å². The molecule has 4 aromatic rings. The molecule has 0 radical (unpaired) electrons. The fourth-order valence-electron chi connectivity index (χ4n) is 3.71. The predicted molar refractivity (Wildman–Crippen MR) is 127 cm³/mol. The maximum Gasteiger partial charge on any atom is 0.264 e. The van der Waals surface area contributed by atoms with E-state index in [1.807, 2.05) is 12.1 Å². The zero-order chi connectivity index (χ0) is 23.0. The highest BCUT2D eigenvalue weighted by Crippen LogP contribution is 2.33. The lowest BCUT2D eigenvalue weighted by Crippen LogP contribution is -2.19. The first kappa shape index (κ1) is 21.3. The number of aromatic nitrogens is 4. The van der Waals surface area contributed by atoms with E-state index >= 15 is 0 Å². The standard InChI is InChI=1S/C24H23N5O3S/c1-29-15-27-21-12-20(18-4-6-19(7-5-18)33(31,32)14-17-2-3-17)28-23(22(21)24(29)30)26-13-16-8-10-25-11-9-16/h4-12,15,17H,2-3,13-14H2,1H3,(H,26,28). The van der Waals surface area contributed by atoms with E-state index in [4.69, 9.17) is 4.98 Å². The largest absolute Gasteiger partial charge is 0.365 e. The molecule has 1 aliphatic carbocycles. The summed E-state index contributed by atoms with van der Waals surface area (Å²) in [6, 6.07) is 12.3. The van der Waals surface area contributed by atoms with E-state index in [9.17, 15) is 13.2 Å². The Bertz CT molecular complexity index is 1480. The fourth-order valence-corrected chi connectivity index (χ4v) is 5.41. The van der Waals surface area contributed by atoms with Crippen LogP contribution >= 0.6 is 0 Å². The Morgan fingerprint density at radius 3 is 2.52 bits per heavy atom. The third-order valence-electron chi connectivity index (χ3n) is 5.77. The second-order valence-corrected chi connectivity index (χ2v) is 10.4. The van der Waals surface area contributed by atoms with Gasteiger partial charge in [0, 0.05) is 31.5 Å². The van der Waals surface area contributed by atoms with Crippen LogP contribution in [0.4, 0.5) is 5.82 Å². The summed E-state index contributed by atoms with van der Waals surface area (Å²) in [6.45, 7) is 0.463. The maximum atomic E-state index is 12.8. The maximum absolute atomic E-state index is 12.8. The Morgan fingerprint density at radius 2 is 1.82 bits per heavy atom. The van der Waals surface area contributed by atoms with Crippen LogP contribution in [0.5, 0.6) is 0 Å². The van der Waals surface area contributed by atoms with Crippen molar-refractivity contribution in [2.45, 2.75) is 24.3 Å². The van der Waals surface area contributed by atoms with Crippen LogP contribution in [0.25, 0.3) is 22.2 Å². The van der Waals surface area contributed by atoms with Gasteiger partial charge in [-0.3, -0.25) is 9.78 Å². The Morgan fingerprint density at radius 1 is 1.09 bits per heavy atom. The van der Waals surface area contributed by atoms with Gasteiger partial charge in [0.2, 0.25) is 0 Å². The molecule has 9 heteroatoms. The highest BCUT2D eigenvalue weighted by molar-refractivity contribution is 7.91. The number of rotatable bonds is 7. The van der Waals surface area contributed by atoms with Crippen molar-refractivity contribution in [1.82, 2.24) is 19.5 Å². The molecule has 0 saturated heterocycles. The van der Waals surface area contributed by atoms with Gasteiger partial charge in [-0.1, -0.05) is 12.1 Å². The molecule has 1 saturated carbocycles. The SMILES string of the molecule is Cn1cnc2cc(-c3ccc(S(=O)(=O)CC4CC4)cc3)nc(NCc3ccncc3)c2c1=O. The molecule has 3 aromatic heterocycles. The number of hydrogen-bond acceptors (Lipinski definition) is 7. The van der Waals surface area contributed by atoms with Gasteiger partial charge in [0.15, 0.2) is 9.84 Å². The Hall–Kier alpha value is -3.59. The number of nitrogens with one attached hydrogen (secondary N) is 1. The summed E-state index contributed by atoms with van der Waals surface area (Å²) in [6.07, 6.45) is 6.87. The van der Waals surface area contributed by atoms with Crippen molar-refractivity contribution in [3.8, 4) is 11.3 Å². The lowest BCUT2D eigenvalue weighted by Gasteiger charge is -2.12. The molecule has 33 heavy (non-hydrogen) atoms. The summed E-state index contributed by atoms with van der Waals surface area (Å²) in [5.74, 6) is 0.926. The summed E-state index contributed by atoms with van der Waals surface area (Å²) in [5.41, 5.74) is 2.67. The molecule has 0 atom stereocenters. The minimum absolute atomic E-state index is 0.196. The molecule has 0 unspecified atom stereocenters. The van der Waals surface area contributed by atoms with Crippen LogP contribution in [0.3, 0.4) is 0 Å². The molecule has 1 N–H and O–H groups in total. The molecule has 1 fully saturated rings. The van der Waals surface area contributed by atoms with Crippen LogP contribution in [-0.4, -0.2) is 33.7 Å². The van der Waals surface area contributed by atoms with Crippen LogP contribution in [0.2, 0.25) is 0 Å². The van der Waals surface area contributed by atoms with Crippen molar-refractivity contribution >= 4 is 26.6 Å². The number of anilines is 1. The van der Waals surface area contributed by atoms with E-state index in [0.29, 0.717) is 39.8 Å². The Balaban J connectivity index is 1.53. The third kappa shape index (κ3) is 4.49. The van der Waals surface area contributed by atoms with Crippen molar-refractivity contribution in [3.05, 3.63) is 77.1 Å². The zero-order valence-electron chi connectivity index (χ0n) is 18.1. The highest BCUT2D eigenvalue weighted by atomic mass is 32.2. The summed E-state index contributed by atoms with van der Waals surface area (Å²) in [7, 11) is -1.63. The van der Waals surface area contributed by atoms with Gasteiger partial charge in [-0.25, -0.2) is 18.4 Å². The van der Waals surface area contributed by atoms with Crippen molar-refractivity contribution in [2.24, 2.45) is 13.0 Å². The number of nitrogens with zero attached hydrogens (tertiary/aromatic N) is 4. The number of sulfone groups is 1. The minimum atomic E-state index is -3.28. The summed E-state index contributed by atoms with van der Waals surface area (Å²) >= 11 is 0. The first-order valence-corrected chi connectivity index (χ1v) is 12.4. The number of hydrogen-bond donors (Lipinski definition) is 1. The second-order valence-electron chi connectivity index (χ2n) is 8.37. The van der Waals surface area contributed by atoms with Crippen LogP contribution in [0.1, 0.15) is 18.4 Å². The van der Waals surface area contributed by atoms with E-state index in [0.717, 1.165) is 24.0 Å². The lowest BCUT2D eigenvalue weighted by molar-refractivity contribution is 0.592. The Labute approximate surface area is 191 Å². The topological polar surface area (TPSA) is 107 Å². The van der Waals surface area contributed by atoms with Crippen molar-refractivity contribution in [2.75, 3.05) is 11.1 Å². The lowest BCUT2D eigenvalue weighted by atomic mass is 10.1. The molecular weight excluding hydrogens is 438 g/mol. The summed E-state index contributed by atoms with van der Waals surface area (Å²) in [5, 5.41) is 3.66. The van der Waals surface area contributed by atoms with Gasteiger partial charge in [-0.05, 0) is 54.7 Å². The monoisotopic (exact) mass is 461 g/mol. The molecule has 5 rings (SSSR count). The predicted octanol–water partition coefficient (Wildman–Crippen LogP) is 3.19. The minimum Gasteiger partial charge on any atom is -0.365 e. The molecule has 3 heterocycles. The smallest absolute Gasteiger partial charge is 0.264 e. The molecule has 1 aromatic carbocycles. The van der Waals surface area contributed by atoms with Crippen LogP contribution in [0.15, 0.2) is 70.9 Å². The summed E-state index contributed by atoms with van der Waals surface area (Å²) < 4.78 is 26.6. The van der Waals surface area contributed by atoms with E-state index < -0.39 is 9.84 Å². The van der Waals surface area contributed by atoms with Gasteiger partial charge in [0.25, 0.3) is 5.56 Å². The average molecular weight is 462 g/mol. The highest BCUT2D eigenvalue weighted by Gasteiger charge is 2.29. The van der Waals surface area contributed by atoms with E-state index in [-0.39, 0.29) is 11.3 Å². The van der Waals surface area contributed by atoms with E-state index in [1.165, 1.54) is 10.9 Å². The van der Waals surface area contributed by atoms with Crippen LogP contribution < -0.4 is 10.9 Å². The van der Waals surface area contributed by atoms with Gasteiger partial charge >= 0.3 is 0 Å². The first-order valence-electron chi connectivity index (χ1n) is 10.7. The van der Waals surface area contributed by atoms with E-state index in [2.05, 4.69) is 15.3 Å². The molecule has 8 nitrogen and oxygen atoms in total. The molecule has 0 amide bonds. The number of benzene rings is 1. The molecule has 0 spiro atoms. The number of aryl methyl sites for hydroxylation is 1. The van der Waals surface area contributed by atoms with Crippen molar-refractivity contribution in [1.29, 1.82) is 0 Å². The number of pyridine rings is 2. The Kier molecular flexibility index (Phi) is 5.41. The third-order valence-corrected chi connectivity index (χ3v) is 7.67. The molecule has 0 bridgehead atoms. The molecule has 168 valence electrons. The second kappa shape index (κ2) is 8.40. The fraction of sp³-hybridized carbons (Fsp3) is 0.250. The van der Waals surface area contributed by atoms with Gasteiger partial charge in [-0.2, -0.15) is 0 Å². The molecule has 1 aliphatic rings. The average Bonchev–Trinajstić information content (AvgIpc) is 3.64. The van der Waals surface area contributed by atoms with Gasteiger partial charge in [0.1, 0.15) is 11.2 Å². The molecular formula is C24H23N5O3S. The normalized spacial score (nSPS) is 13.8. The van der Waals surface area contributed by atoms with Gasteiger partial charge in [0.05, 0.1) is 28.2 Å². The van der Waals surface area contributed by atoms with Crippen molar-refractivity contribution < 1.29 is 8.42 Å². The van der Waals surface area contributed by atoms with Crippen molar-refractivity contribution in [3.63, 3.8) is 0 Å². The van der Waals surface area contributed by atoms with Crippen LogP contribution in [0, 0.1) is 5.92 Å². The zero-order valence-corrected chi connectivity index (χ0v) is 18.9. The first-order chi connectivity index (χ1) is 15.9. The van der Waals surface area contributed by atoms with Gasteiger partial charge in [-0.15, -0.1) is 0 Å². The summed E-state index contributed by atoms with van der Waals surface area (Å²) in [4.78, 5) is 26.3.